The van der Waals surface area contributed by atoms with Gasteiger partial charge in [0.25, 0.3) is 0 Å². The van der Waals surface area contributed by atoms with E-state index in [9.17, 15) is 14.4 Å². The molecule has 0 bridgehead atoms. The fourth-order valence-corrected chi connectivity index (χ4v) is 1.52. The van der Waals surface area contributed by atoms with Gasteiger partial charge in [-0.15, -0.1) is 0 Å². The molecule has 0 radical (unpaired) electrons. The van der Waals surface area contributed by atoms with Gasteiger partial charge in [-0.05, 0) is 26.0 Å². The summed E-state index contributed by atoms with van der Waals surface area (Å²) in [6.45, 7) is 4.57. The van der Waals surface area contributed by atoms with Crippen LogP contribution in [0.1, 0.15) is 41.5 Å². The lowest BCUT2D eigenvalue weighted by atomic mass is 10.1. The number of rotatable bonds is 4. The van der Waals surface area contributed by atoms with E-state index in [0.717, 1.165) is 0 Å². The third-order valence-corrected chi connectivity index (χ3v) is 2.15. The van der Waals surface area contributed by atoms with Crippen LogP contribution >= 0.6 is 0 Å². The Balaban J connectivity index is 3.32. The fraction of sp³-hybridized carbons (Fsp3) is 0.308. The monoisotopic (exact) mass is 265 g/mol. The van der Waals surface area contributed by atoms with E-state index in [1.807, 2.05) is 0 Å². The van der Waals surface area contributed by atoms with E-state index in [2.05, 4.69) is 5.32 Å². The van der Waals surface area contributed by atoms with Gasteiger partial charge >= 0.3 is 11.9 Å². The van der Waals surface area contributed by atoms with Crippen LogP contribution in [-0.4, -0.2) is 29.1 Å². The van der Waals surface area contributed by atoms with Crippen LogP contribution in [0.3, 0.4) is 0 Å². The largest absolute Gasteiger partial charge is 0.478 e. The Labute approximate surface area is 110 Å². The topological polar surface area (TPSA) is 92.7 Å². The van der Waals surface area contributed by atoms with Gasteiger partial charge in [0, 0.05) is 6.92 Å². The third-order valence-electron chi connectivity index (χ3n) is 2.15. The van der Waals surface area contributed by atoms with Crippen molar-refractivity contribution < 1.29 is 24.2 Å². The molecule has 19 heavy (non-hydrogen) atoms. The van der Waals surface area contributed by atoms with E-state index >= 15 is 0 Å². The summed E-state index contributed by atoms with van der Waals surface area (Å²) in [5, 5.41) is 11.5. The summed E-state index contributed by atoms with van der Waals surface area (Å²) in [7, 11) is 0. The average Bonchev–Trinajstić information content (AvgIpc) is 2.26. The van der Waals surface area contributed by atoms with Crippen molar-refractivity contribution in [1.29, 1.82) is 0 Å². The Kier molecular flexibility index (Phi) is 4.63. The number of carboxylic acid groups (broad SMARTS) is 1. The first-order valence-corrected chi connectivity index (χ1v) is 5.67. The molecule has 0 aromatic heterocycles. The minimum absolute atomic E-state index is 0.123. The molecule has 0 fully saturated rings. The molecule has 0 atom stereocenters. The van der Waals surface area contributed by atoms with Crippen molar-refractivity contribution in [2.24, 2.45) is 0 Å². The number of hydrogen-bond acceptors (Lipinski definition) is 4. The maximum absolute atomic E-state index is 11.9. The summed E-state index contributed by atoms with van der Waals surface area (Å²) in [6.07, 6.45) is -0.389. The minimum atomic E-state index is -1.26. The van der Waals surface area contributed by atoms with Gasteiger partial charge in [-0.1, -0.05) is 6.07 Å². The Hall–Kier alpha value is -2.37. The van der Waals surface area contributed by atoms with Crippen LogP contribution in [-0.2, 0) is 9.53 Å². The Morgan fingerprint density at radius 1 is 1.26 bits per heavy atom. The average molecular weight is 265 g/mol. The molecule has 1 aromatic rings. The van der Waals surface area contributed by atoms with Gasteiger partial charge in [0.05, 0.1) is 22.9 Å². The smallest absolute Gasteiger partial charge is 0.341 e. The quantitative estimate of drug-likeness (QED) is 0.811. The minimum Gasteiger partial charge on any atom is -0.478 e. The number of esters is 1. The SMILES string of the molecule is CC(=O)Nc1cccc(C(=O)O)c1C(=O)OC(C)C. The van der Waals surface area contributed by atoms with E-state index in [-0.39, 0.29) is 22.9 Å². The Bertz CT molecular complexity index is 522. The van der Waals surface area contributed by atoms with E-state index in [1.54, 1.807) is 13.8 Å². The number of aromatic carboxylic acids is 1. The first kappa shape index (κ1) is 14.7. The molecular formula is C13H15NO5. The standard InChI is InChI=1S/C13H15NO5/c1-7(2)19-13(18)11-9(12(16)17)5-4-6-10(11)14-8(3)15/h4-7H,1-3H3,(H,14,15)(H,16,17). The molecule has 0 saturated carbocycles. The summed E-state index contributed by atoms with van der Waals surface area (Å²) < 4.78 is 5.00. The van der Waals surface area contributed by atoms with Crippen molar-refractivity contribution in [3.8, 4) is 0 Å². The van der Waals surface area contributed by atoms with E-state index in [1.165, 1.54) is 25.1 Å². The molecule has 1 rings (SSSR count). The molecule has 6 heteroatoms. The van der Waals surface area contributed by atoms with Gasteiger partial charge in [0.15, 0.2) is 0 Å². The van der Waals surface area contributed by atoms with Crippen molar-refractivity contribution in [3.05, 3.63) is 29.3 Å². The lowest BCUT2D eigenvalue weighted by Gasteiger charge is -2.14. The fourth-order valence-electron chi connectivity index (χ4n) is 1.52. The number of nitrogens with one attached hydrogen (secondary N) is 1. The summed E-state index contributed by atoms with van der Waals surface area (Å²) in [4.78, 5) is 34.2. The molecule has 0 saturated heterocycles. The van der Waals surface area contributed by atoms with Crippen molar-refractivity contribution in [3.63, 3.8) is 0 Å². The maximum atomic E-state index is 11.9. The van der Waals surface area contributed by atoms with Crippen LogP contribution in [0.25, 0.3) is 0 Å². The number of hydrogen-bond donors (Lipinski definition) is 2. The van der Waals surface area contributed by atoms with Crippen LogP contribution in [0.15, 0.2) is 18.2 Å². The summed E-state index contributed by atoms with van der Waals surface area (Å²) in [5.74, 6) is -2.44. The predicted octanol–water partition coefficient (Wildman–Crippen LogP) is 1.91. The normalized spacial score (nSPS) is 10.1. The lowest BCUT2D eigenvalue weighted by molar-refractivity contribution is -0.114. The molecule has 0 aliphatic carbocycles. The zero-order valence-corrected chi connectivity index (χ0v) is 10.9. The van der Waals surface area contributed by atoms with Gasteiger partial charge in [0.2, 0.25) is 5.91 Å². The Morgan fingerprint density at radius 2 is 1.89 bits per heavy atom. The van der Waals surface area contributed by atoms with Crippen molar-refractivity contribution in [2.45, 2.75) is 26.9 Å². The molecule has 0 heterocycles. The highest BCUT2D eigenvalue weighted by atomic mass is 16.5. The number of amides is 1. The molecule has 2 N–H and O–H groups in total. The summed E-state index contributed by atoms with van der Waals surface area (Å²) >= 11 is 0. The van der Waals surface area contributed by atoms with Gasteiger partial charge in [-0.25, -0.2) is 9.59 Å². The van der Waals surface area contributed by atoms with Crippen molar-refractivity contribution >= 4 is 23.5 Å². The molecule has 1 amide bonds. The van der Waals surface area contributed by atoms with Gasteiger partial charge in [-0.2, -0.15) is 0 Å². The van der Waals surface area contributed by atoms with Crippen LogP contribution in [0.5, 0.6) is 0 Å². The third kappa shape index (κ3) is 3.80. The van der Waals surface area contributed by atoms with Gasteiger partial charge in [0.1, 0.15) is 0 Å². The highest BCUT2D eigenvalue weighted by Crippen LogP contribution is 2.22. The van der Waals surface area contributed by atoms with Crippen molar-refractivity contribution in [1.82, 2.24) is 0 Å². The van der Waals surface area contributed by atoms with Crippen LogP contribution in [0, 0.1) is 0 Å². The molecule has 0 aliphatic rings. The van der Waals surface area contributed by atoms with Crippen molar-refractivity contribution in [2.75, 3.05) is 5.32 Å². The molecule has 0 unspecified atom stereocenters. The second-order valence-corrected chi connectivity index (χ2v) is 4.17. The number of benzene rings is 1. The second-order valence-electron chi connectivity index (χ2n) is 4.17. The highest BCUT2D eigenvalue weighted by molar-refractivity contribution is 6.08. The van der Waals surface area contributed by atoms with E-state index in [4.69, 9.17) is 9.84 Å². The van der Waals surface area contributed by atoms with Crippen LogP contribution in [0.4, 0.5) is 5.69 Å². The zero-order chi connectivity index (χ0) is 14.6. The predicted molar refractivity (Wildman–Crippen MR) is 68.3 cm³/mol. The number of carbonyl (C=O) groups is 3. The summed E-state index contributed by atoms with van der Waals surface area (Å²) in [5.41, 5.74) is -0.242. The second kappa shape index (κ2) is 5.99. The number of carbonyl (C=O) groups excluding carboxylic acids is 2. The number of ether oxygens (including phenoxy) is 1. The molecule has 0 spiro atoms. The maximum Gasteiger partial charge on any atom is 0.341 e. The molecule has 0 aliphatic heterocycles. The first-order chi connectivity index (χ1) is 8.82. The molecule has 1 aromatic carbocycles. The van der Waals surface area contributed by atoms with E-state index in [0.29, 0.717) is 0 Å². The number of carboxylic acids is 1. The summed E-state index contributed by atoms with van der Waals surface area (Å²) in [6, 6.07) is 4.18. The number of anilines is 1. The van der Waals surface area contributed by atoms with E-state index < -0.39 is 17.8 Å². The highest BCUT2D eigenvalue weighted by Gasteiger charge is 2.23. The molecular weight excluding hydrogens is 250 g/mol. The van der Waals surface area contributed by atoms with Crippen LogP contribution in [0.2, 0.25) is 0 Å². The zero-order valence-electron chi connectivity index (χ0n) is 10.9. The van der Waals surface area contributed by atoms with Gasteiger partial charge < -0.3 is 15.2 Å². The lowest BCUT2D eigenvalue weighted by Crippen LogP contribution is -2.19. The first-order valence-electron chi connectivity index (χ1n) is 5.67. The van der Waals surface area contributed by atoms with Gasteiger partial charge in [-0.3, -0.25) is 4.79 Å². The molecule has 6 nitrogen and oxygen atoms in total. The Morgan fingerprint density at radius 3 is 2.37 bits per heavy atom. The van der Waals surface area contributed by atoms with Crippen LogP contribution < -0.4 is 5.32 Å². The molecule has 102 valence electrons.